The van der Waals surface area contributed by atoms with Gasteiger partial charge in [0.25, 0.3) is 11.4 Å². The number of nitro groups is 2. The number of carbonyl (C=O) groups is 1. The summed E-state index contributed by atoms with van der Waals surface area (Å²) >= 11 is 1.63. The van der Waals surface area contributed by atoms with Crippen molar-refractivity contribution in [1.82, 2.24) is 4.90 Å². The number of allylic oxidation sites excluding steroid dienone is 1. The number of aliphatic hydroxyl groups is 2. The van der Waals surface area contributed by atoms with Crippen molar-refractivity contribution in [3.05, 3.63) is 182 Å². The molecule has 6 atom stereocenters. The molecule has 0 unspecified atom stereocenters. The summed E-state index contributed by atoms with van der Waals surface area (Å²) in [5, 5.41) is 48.2. The molecule has 9 rings (SSSR count). The quantitative estimate of drug-likeness (QED) is 0.0147. The van der Waals surface area contributed by atoms with Gasteiger partial charge in [0.05, 0.1) is 28.1 Å². The van der Waals surface area contributed by atoms with Gasteiger partial charge in [0, 0.05) is 72.9 Å². The third-order valence-electron chi connectivity index (χ3n) is 14.5. The van der Waals surface area contributed by atoms with Gasteiger partial charge in [-0.05, 0) is 151 Å². The number of hydrogen-bond donors (Lipinski definition) is 2. The van der Waals surface area contributed by atoms with Crippen LogP contribution in [0.3, 0.4) is 0 Å². The van der Waals surface area contributed by atoms with Gasteiger partial charge < -0.3 is 43.6 Å². The average molecular weight is 1050 g/mol. The normalized spacial score (nSPS) is 21.5. The molecule has 76 heavy (non-hydrogen) atoms. The minimum Gasteiger partial charge on any atom is -0.459 e. The van der Waals surface area contributed by atoms with Crippen molar-refractivity contribution < 1.29 is 53.4 Å². The molecule has 0 aromatic heterocycles. The highest BCUT2D eigenvalue weighted by Crippen LogP contribution is 2.62. The Balaban J connectivity index is 1.24. The Hall–Kier alpha value is -7.51. The molecule has 1 saturated carbocycles. The van der Waals surface area contributed by atoms with E-state index in [4.69, 9.17) is 33.7 Å². The molecule has 1 amide bonds. The minimum absolute atomic E-state index is 0.0196. The van der Waals surface area contributed by atoms with Crippen molar-refractivity contribution in [1.29, 1.82) is 0 Å². The van der Waals surface area contributed by atoms with Crippen molar-refractivity contribution in [2.24, 2.45) is 22.9 Å². The monoisotopic (exact) mass is 1050 g/mol. The number of hydrogen-bond acceptors (Lipinski definition) is 15. The van der Waals surface area contributed by atoms with Crippen LogP contribution < -0.4 is 18.9 Å². The fraction of sp³-hybridized carbons (Fsp3) is 0.345. The minimum atomic E-state index is -1.62. The standard InChI is InChI=1S/C58H60N4O13S/c1-3-30-72-58-54(60(35-40-14-25-52-53(31-40)71-37-70-52)55(65)27-15-38-10-16-42(17-11-38)61(66)67)34-50(59-73-36-39-12-18-43(19-13-39)62(68)69)48-32-41(8-4-6-28-63)47(9-5-7-29-64)56(57(48)58)49-33-45(22-26-51(49)75-58)74-44-20-23-46(76-2)24-21-44/h3,10-27,31-33,41,47,54,56-57,63-64H,1,4-9,28-30,34-37H2,2H3/t41-,47+,54-,56+,57+,58+/m0/s1. The molecule has 17 nitrogen and oxygen atoms in total. The largest absolute Gasteiger partial charge is 0.459 e. The Morgan fingerprint density at radius 1 is 0.842 bits per heavy atom. The van der Waals surface area contributed by atoms with Crippen LogP contribution in [-0.2, 0) is 27.5 Å². The summed E-state index contributed by atoms with van der Waals surface area (Å²) in [4.78, 5) is 46.6. The molecule has 0 bridgehead atoms. The molecule has 18 heteroatoms. The second-order valence-electron chi connectivity index (χ2n) is 19.1. The van der Waals surface area contributed by atoms with E-state index < -0.39 is 33.5 Å². The van der Waals surface area contributed by atoms with Crippen molar-refractivity contribution >= 4 is 40.8 Å². The zero-order valence-corrected chi connectivity index (χ0v) is 42.9. The van der Waals surface area contributed by atoms with Crippen LogP contribution in [0.25, 0.3) is 6.08 Å². The summed E-state index contributed by atoms with van der Waals surface area (Å²) in [7, 11) is 0. The maximum Gasteiger partial charge on any atom is 0.269 e. The average Bonchev–Trinajstić information content (AvgIpc) is 4.00. The number of nitrogens with zero attached hydrogens (tertiary/aromatic N) is 4. The summed E-state index contributed by atoms with van der Waals surface area (Å²) in [5.41, 5.74) is 3.98. The summed E-state index contributed by atoms with van der Waals surface area (Å²) in [5.74, 6) is -0.345. The molecule has 1 fully saturated rings. The molecule has 0 spiro atoms. The smallest absolute Gasteiger partial charge is 0.269 e. The van der Waals surface area contributed by atoms with E-state index in [1.165, 1.54) is 30.3 Å². The molecule has 5 aromatic rings. The number of fused-ring (bicyclic) bond motifs is 3. The maximum absolute atomic E-state index is 15.4. The van der Waals surface area contributed by atoms with Crippen molar-refractivity contribution in [3.63, 3.8) is 0 Å². The Kier molecular flexibility index (Phi) is 17.1. The summed E-state index contributed by atoms with van der Waals surface area (Å²) in [6.07, 6.45) is 13.1. The highest BCUT2D eigenvalue weighted by atomic mass is 32.2. The van der Waals surface area contributed by atoms with E-state index in [1.54, 1.807) is 59.1 Å². The first-order chi connectivity index (χ1) is 37.0. The van der Waals surface area contributed by atoms with Crippen LogP contribution in [0.1, 0.15) is 73.1 Å². The summed E-state index contributed by atoms with van der Waals surface area (Å²) in [6.45, 7) is 4.20. The molecule has 2 N–H and O–H groups in total. The number of non-ortho nitro benzene ring substituents is 2. The van der Waals surface area contributed by atoms with Gasteiger partial charge >= 0.3 is 0 Å². The second kappa shape index (κ2) is 24.4. The number of rotatable bonds is 24. The van der Waals surface area contributed by atoms with E-state index in [2.05, 4.69) is 12.7 Å². The van der Waals surface area contributed by atoms with Crippen LogP contribution in [0.4, 0.5) is 11.4 Å². The van der Waals surface area contributed by atoms with E-state index >= 15 is 4.79 Å². The van der Waals surface area contributed by atoms with Crippen LogP contribution in [0.15, 0.2) is 150 Å². The number of nitro benzene ring substituents is 2. The lowest BCUT2D eigenvalue weighted by atomic mass is 9.55. The SMILES string of the molecule is C=CCO[C@@]12Oc3ccc(Oc4ccc(SC)cc4)cc3[C@H]3[C@H](CCCCO)[C@@H](CCCCO)C=C(C(=NOCc4ccc([N+](=O)[O-])cc4)C[C@@H]1N(Cc1ccc4c(c1)OCO4)C(=O)C=Cc1ccc([N+](=O)[O-])cc1)[C@H]32. The third kappa shape index (κ3) is 11.8. The maximum atomic E-state index is 15.4. The number of unbranched alkanes of at least 4 members (excludes halogenated alkanes) is 2. The zero-order chi connectivity index (χ0) is 53.2. The van der Waals surface area contributed by atoms with Gasteiger partial charge in [-0.2, -0.15) is 0 Å². The van der Waals surface area contributed by atoms with Crippen LogP contribution in [0.2, 0.25) is 0 Å². The number of ether oxygens (including phenoxy) is 5. The van der Waals surface area contributed by atoms with E-state index in [1.807, 2.05) is 60.9 Å². The molecular formula is C58H60N4O13S. The van der Waals surface area contributed by atoms with Crippen molar-refractivity contribution in [2.45, 2.75) is 80.7 Å². The van der Waals surface area contributed by atoms with E-state index in [0.717, 1.165) is 28.9 Å². The highest BCUT2D eigenvalue weighted by Gasteiger charge is 2.65. The van der Waals surface area contributed by atoms with Crippen LogP contribution in [0.5, 0.6) is 28.7 Å². The van der Waals surface area contributed by atoms with Crippen molar-refractivity contribution in [3.8, 4) is 28.7 Å². The van der Waals surface area contributed by atoms with E-state index in [-0.39, 0.29) is 75.3 Å². The molecule has 5 aromatic carbocycles. The topological polar surface area (TPSA) is 215 Å². The number of thioether (sulfide) groups is 1. The lowest BCUT2D eigenvalue weighted by molar-refractivity contribution is -0.385. The van der Waals surface area contributed by atoms with E-state index in [9.17, 15) is 30.4 Å². The molecule has 4 aliphatic rings. The lowest BCUT2D eigenvalue weighted by Gasteiger charge is -2.60. The summed E-state index contributed by atoms with van der Waals surface area (Å²) < 4.78 is 32.8. The molecular weight excluding hydrogens is 993 g/mol. The van der Waals surface area contributed by atoms with Crippen LogP contribution in [0, 0.1) is 38.0 Å². The first-order valence-corrected chi connectivity index (χ1v) is 26.6. The fourth-order valence-electron chi connectivity index (χ4n) is 10.9. The molecule has 0 radical (unpaired) electrons. The van der Waals surface area contributed by atoms with Crippen molar-refractivity contribution in [2.75, 3.05) is 32.9 Å². The predicted octanol–water partition coefficient (Wildman–Crippen LogP) is 11.3. The Morgan fingerprint density at radius 2 is 1.51 bits per heavy atom. The first-order valence-electron chi connectivity index (χ1n) is 25.4. The Bertz CT molecular complexity index is 2980. The predicted molar refractivity (Wildman–Crippen MR) is 286 cm³/mol. The van der Waals surface area contributed by atoms with Gasteiger partial charge in [-0.15, -0.1) is 18.3 Å². The summed E-state index contributed by atoms with van der Waals surface area (Å²) in [6, 6.07) is 30.2. The number of amides is 1. The molecule has 2 heterocycles. The van der Waals surface area contributed by atoms with Crippen LogP contribution in [-0.4, -0.2) is 81.3 Å². The molecule has 2 aliphatic carbocycles. The zero-order valence-electron chi connectivity index (χ0n) is 42.1. The Labute approximate surface area is 444 Å². The van der Waals surface area contributed by atoms with Gasteiger partial charge in [-0.25, -0.2) is 0 Å². The fourth-order valence-corrected chi connectivity index (χ4v) is 11.3. The molecule has 396 valence electrons. The molecule has 2 aliphatic heterocycles. The lowest BCUT2D eigenvalue weighted by Crippen LogP contribution is -2.70. The van der Waals surface area contributed by atoms with Gasteiger partial charge in [-0.1, -0.05) is 36.2 Å². The van der Waals surface area contributed by atoms with Gasteiger partial charge in [0.2, 0.25) is 18.5 Å². The number of carbonyl (C=O) groups excluding carboxylic acids is 1. The van der Waals surface area contributed by atoms with Gasteiger partial charge in [0.1, 0.15) is 29.9 Å². The molecule has 0 saturated heterocycles. The number of benzene rings is 5. The van der Waals surface area contributed by atoms with Crippen LogP contribution >= 0.6 is 11.8 Å². The third-order valence-corrected chi connectivity index (χ3v) is 15.2. The second-order valence-corrected chi connectivity index (χ2v) is 20.0. The van der Waals surface area contributed by atoms with Gasteiger partial charge in [0.15, 0.2) is 11.5 Å². The Morgan fingerprint density at radius 3 is 2.21 bits per heavy atom. The first kappa shape index (κ1) is 53.3. The highest BCUT2D eigenvalue weighted by molar-refractivity contribution is 7.98. The van der Waals surface area contributed by atoms with Gasteiger partial charge in [-0.3, -0.25) is 25.0 Å². The number of aliphatic hydroxyl groups excluding tert-OH is 2. The van der Waals surface area contributed by atoms with E-state index in [0.29, 0.717) is 76.8 Å². The number of oxime groups is 1.